The van der Waals surface area contributed by atoms with Gasteiger partial charge in [-0.3, -0.25) is 31.5 Å². The number of rotatable bonds is 21. The Morgan fingerprint density at radius 3 is 1.06 bits per heavy atom. The fourth-order valence-electron chi connectivity index (χ4n) is 11.1. The molecule has 0 unspecified atom stereocenters. The molecule has 4 aromatic carbocycles. The number of piperidine rings is 5. The number of aromatic nitrogens is 4. The lowest BCUT2D eigenvalue weighted by atomic mass is 9.96. The van der Waals surface area contributed by atoms with Crippen molar-refractivity contribution in [1.29, 1.82) is 0 Å². The summed E-state index contributed by atoms with van der Waals surface area (Å²) in [4.78, 5) is 85.2. The largest absolute Gasteiger partial charge is 0.466 e. The number of ether oxygens (including phenoxy) is 9. The number of esters is 2. The Morgan fingerprint density at radius 2 is 0.750 bits per heavy atom. The molecule has 6 aromatic rings. The van der Waals surface area contributed by atoms with Gasteiger partial charge in [-0.2, -0.15) is 0 Å². The van der Waals surface area contributed by atoms with Crippen LogP contribution in [0.25, 0.3) is 0 Å². The zero-order valence-corrected chi connectivity index (χ0v) is 63.5. The number of amides is 4. The lowest BCUT2D eigenvalue weighted by molar-refractivity contribution is -0.282. The summed E-state index contributed by atoms with van der Waals surface area (Å²) in [5.41, 5.74) is 5.23. The molecule has 0 bridgehead atoms. The van der Waals surface area contributed by atoms with Crippen LogP contribution in [0.1, 0.15) is 145 Å². The fraction of sp³-hybridized carbons (Fsp3) is 0.533. The maximum Gasteiger partial charge on any atom is 0.410 e. The maximum atomic E-state index is 12.0. The van der Waals surface area contributed by atoms with E-state index in [1.807, 2.05) is 149 Å². The number of hydrazine groups is 2. The number of halogens is 1. The zero-order valence-electron chi connectivity index (χ0n) is 62.8. The van der Waals surface area contributed by atoms with Crippen molar-refractivity contribution < 1.29 is 90.5 Å². The molecule has 598 valence electrons. The molecule has 0 atom stereocenters. The van der Waals surface area contributed by atoms with E-state index in [-0.39, 0.29) is 85.1 Å². The number of carbonyl (C=O) groups is 7. The Balaban J connectivity index is 0.000000332. The van der Waals surface area contributed by atoms with Crippen LogP contribution in [0.4, 0.5) is 19.2 Å². The molecule has 0 radical (unpaired) electrons. The highest BCUT2D eigenvalue weighted by Crippen LogP contribution is 2.27. The predicted octanol–water partition coefficient (Wildman–Crippen LogP) is 9.23. The van der Waals surface area contributed by atoms with Crippen LogP contribution in [0.2, 0.25) is 0 Å². The highest BCUT2D eigenvalue weighted by molar-refractivity contribution is 6.61. The standard InChI is InChI=1S/C16H21NO4.C15H17N3O3.C14H19N3O3.C8H7ClO2.C8H15NO2.C7H11N3O.C7H16O3.H4N2.H2O/c1-2-20-15(18)14-8-10-17(11-9-14)16(19)21-12-13-6-4-3-5-7-13;19-15(20-10-12-4-2-1-3-5-12)18-8-6-13(7-9-18)14-17-16-11-21-14;15-16-13(18)12-6-8-17(9-7-12)14(19)20-10-11-4-2-1-3-5-11;9-8(10)11-6-7-4-2-1-3-5-7;1-2-11-8(10)7-3-5-9-6-4-7;1-3-8-4-2-6(1)7-10-9-5-11-7;1-4-8-7(9-5-2)10-6-3;1-2;/h3-7,14H,2,8-12H2,1H3;1-5,11,13H,6-10H2;1-5,12H,6-10,15H2,(H,16,18);1-5H,6H2;7,9H,2-6H2,1H3;5-6,8H,1-4H2;7H,4-6H2,1-3H3;1-2H2;1H2. The van der Waals surface area contributed by atoms with Crippen molar-refractivity contribution >= 4 is 53.2 Å². The van der Waals surface area contributed by atoms with Crippen LogP contribution >= 0.6 is 11.6 Å². The summed E-state index contributed by atoms with van der Waals surface area (Å²) in [5.74, 6) is 14.9. The zero-order chi connectivity index (χ0) is 77.5. The van der Waals surface area contributed by atoms with Crippen molar-refractivity contribution in [3.63, 3.8) is 0 Å². The molecule has 5 fully saturated rings. The summed E-state index contributed by atoms with van der Waals surface area (Å²) in [5, 5.41) is 21.7. The Morgan fingerprint density at radius 1 is 0.444 bits per heavy atom. The Kier molecular flexibility index (Phi) is 49.8. The van der Waals surface area contributed by atoms with Crippen molar-refractivity contribution in [2.45, 2.75) is 144 Å². The van der Waals surface area contributed by atoms with Gasteiger partial charge in [0.25, 0.3) is 6.48 Å². The van der Waals surface area contributed by atoms with Crippen LogP contribution < -0.4 is 33.6 Å². The van der Waals surface area contributed by atoms with Crippen molar-refractivity contribution in [3.05, 3.63) is 168 Å². The van der Waals surface area contributed by atoms with Crippen LogP contribution in [0.15, 0.2) is 143 Å². The van der Waals surface area contributed by atoms with Crippen LogP contribution in [0, 0.1) is 17.8 Å². The van der Waals surface area contributed by atoms with Gasteiger partial charge >= 0.3 is 35.6 Å². The molecule has 5 aliphatic rings. The molecule has 2 aromatic heterocycles. The first-order valence-electron chi connectivity index (χ1n) is 36.4. The number of nitrogens with zero attached hydrogens (tertiary/aromatic N) is 7. The van der Waals surface area contributed by atoms with E-state index in [1.54, 1.807) is 21.6 Å². The number of nitrogens with one attached hydrogen (secondary N) is 3. The molecular formula is C75H112ClN13O19. The summed E-state index contributed by atoms with van der Waals surface area (Å²) >= 11 is 4.97. The lowest BCUT2D eigenvalue weighted by Gasteiger charge is -2.30. The minimum absolute atomic E-state index is 0. The third-order valence-electron chi connectivity index (χ3n) is 16.9. The molecule has 0 aliphatic carbocycles. The van der Waals surface area contributed by atoms with Crippen molar-refractivity contribution in [2.24, 2.45) is 35.3 Å². The van der Waals surface area contributed by atoms with Crippen LogP contribution in [-0.2, 0) is 83.4 Å². The average Bonchev–Trinajstić information content (AvgIpc) is 1.33. The highest BCUT2D eigenvalue weighted by atomic mass is 35.5. The van der Waals surface area contributed by atoms with E-state index < -0.39 is 11.9 Å². The van der Waals surface area contributed by atoms with E-state index >= 15 is 0 Å². The third kappa shape index (κ3) is 38.5. The summed E-state index contributed by atoms with van der Waals surface area (Å²) in [6.45, 7) is 20.2. The minimum Gasteiger partial charge on any atom is -0.466 e. The van der Waals surface area contributed by atoms with Gasteiger partial charge in [0.1, 0.15) is 26.4 Å². The first-order chi connectivity index (χ1) is 52.2. The fourth-order valence-corrected chi connectivity index (χ4v) is 11.2. The Bertz CT molecular complexity index is 3260. The molecule has 33 heteroatoms. The number of benzene rings is 4. The second-order valence-corrected chi connectivity index (χ2v) is 24.5. The quantitative estimate of drug-likeness (QED) is 0.00743. The van der Waals surface area contributed by atoms with Gasteiger partial charge in [0, 0.05) is 88.4 Å². The van der Waals surface area contributed by atoms with E-state index in [9.17, 15) is 33.6 Å². The van der Waals surface area contributed by atoms with Crippen molar-refractivity contribution in [2.75, 3.05) is 98.5 Å². The maximum absolute atomic E-state index is 12.0. The number of nitrogens with two attached hydrogens (primary N) is 3. The van der Waals surface area contributed by atoms with Crippen LogP contribution in [0.5, 0.6) is 0 Å². The van der Waals surface area contributed by atoms with Gasteiger partial charge in [-0.05, 0) is 147 Å². The van der Waals surface area contributed by atoms with Gasteiger partial charge in [-0.1, -0.05) is 121 Å². The smallest absolute Gasteiger partial charge is 0.410 e. The molecule has 4 amide bonds. The molecule has 5 aliphatic heterocycles. The van der Waals surface area contributed by atoms with Crippen LogP contribution in [-0.4, -0.2) is 187 Å². The van der Waals surface area contributed by atoms with E-state index in [0.717, 1.165) is 92.8 Å². The van der Waals surface area contributed by atoms with Crippen LogP contribution in [0.3, 0.4) is 0 Å². The number of hydrogen-bond acceptors (Lipinski definition) is 27. The molecule has 7 heterocycles. The first kappa shape index (κ1) is 93.0. The van der Waals surface area contributed by atoms with Gasteiger partial charge in [-0.25, -0.2) is 25.0 Å². The summed E-state index contributed by atoms with van der Waals surface area (Å²) in [6.07, 6.45) is 10.1. The summed E-state index contributed by atoms with van der Waals surface area (Å²) in [6, 6.07) is 38.2. The molecule has 0 saturated carbocycles. The second-order valence-electron chi connectivity index (χ2n) is 24.2. The predicted molar refractivity (Wildman–Crippen MR) is 400 cm³/mol. The summed E-state index contributed by atoms with van der Waals surface area (Å²) in [7, 11) is 0. The normalized spacial score (nSPS) is 15.1. The van der Waals surface area contributed by atoms with Crippen molar-refractivity contribution in [3.8, 4) is 0 Å². The molecule has 32 nitrogen and oxygen atoms in total. The SMILES string of the molecule is CCOC(=O)C1CCN(C(=O)OCc2ccccc2)CC1.CCOC(=O)C1CCNCC1.CCOC(OCC)OCC.NN.NNC(=O)C1CCN(C(=O)OCc2ccccc2)CC1.O.O=C(Cl)OCc1ccccc1.O=C(OCc1ccccc1)N1CCC(c2nnco2)CC1.c1nnc(C2CCNCC2)o1. The van der Waals surface area contributed by atoms with E-state index in [4.69, 9.17) is 64.2 Å². The summed E-state index contributed by atoms with van der Waals surface area (Å²) < 4.78 is 55.9. The number of likely N-dealkylation sites (tertiary alicyclic amines) is 3. The third-order valence-corrected chi connectivity index (χ3v) is 17.0. The monoisotopic (exact) mass is 1530 g/mol. The molecule has 11 N–H and O–H groups in total. The lowest BCUT2D eigenvalue weighted by Crippen LogP contribution is -2.44. The van der Waals surface area contributed by atoms with E-state index in [1.165, 1.54) is 12.8 Å². The van der Waals surface area contributed by atoms with Gasteiger partial charge in [0.05, 0.1) is 25.0 Å². The topological polar surface area (TPSA) is 436 Å². The van der Waals surface area contributed by atoms with Gasteiger partial charge in [0.15, 0.2) is 0 Å². The number of carbonyl (C=O) groups excluding carboxylic acids is 7. The molecular weight excluding hydrogens is 1420 g/mol. The van der Waals surface area contributed by atoms with Gasteiger partial charge in [-0.15, -0.1) is 20.4 Å². The van der Waals surface area contributed by atoms with E-state index in [0.29, 0.717) is 116 Å². The molecule has 108 heavy (non-hydrogen) atoms. The van der Waals surface area contributed by atoms with E-state index in [2.05, 4.69) is 52.9 Å². The molecule has 0 spiro atoms. The minimum atomic E-state index is -0.770. The second kappa shape index (κ2) is 57.9. The Hall–Kier alpha value is -9.22. The van der Waals surface area contributed by atoms with Gasteiger partial charge in [0.2, 0.25) is 30.5 Å². The molecule has 5 saturated heterocycles. The Labute approximate surface area is 637 Å². The number of hydrogen-bond donors (Lipinski definition) is 6. The molecule has 11 rings (SSSR count). The first-order valence-corrected chi connectivity index (χ1v) is 36.7. The van der Waals surface area contributed by atoms with Crippen molar-refractivity contribution in [1.82, 2.24) is 51.2 Å². The average molecular weight is 1540 g/mol. The highest BCUT2D eigenvalue weighted by Gasteiger charge is 2.31. The van der Waals surface area contributed by atoms with Gasteiger partial charge < -0.3 is 82.3 Å².